The Morgan fingerprint density at radius 3 is 1.16 bits per heavy atom. The third-order valence-corrected chi connectivity index (χ3v) is 12.1. The second-order valence-corrected chi connectivity index (χ2v) is 15.5. The fourth-order valence-corrected chi connectivity index (χ4v) is 9.43. The van der Waals surface area contributed by atoms with Crippen LogP contribution in [0.25, 0.3) is 105 Å². The highest BCUT2D eigenvalue weighted by molar-refractivity contribution is 6.13. The van der Waals surface area contributed by atoms with Gasteiger partial charge in [0.1, 0.15) is 0 Å². The van der Waals surface area contributed by atoms with Crippen molar-refractivity contribution in [3.63, 3.8) is 0 Å². The molecule has 0 amide bonds. The molecule has 0 aliphatic carbocycles. The van der Waals surface area contributed by atoms with E-state index in [4.69, 9.17) is 0 Å². The number of hydrogen-bond acceptors (Lipinski definition) is 0. The lowest BCUT2D eigenvalue weighted by Crippen LogP contribution is -1.95. The zero-order valence-electron chi connectivity index (χ0n) is 32.0. The summed E-state index contributed by atoms with van der Waals surface area (Å²) < 4.78 is 7.20. The van der Waals surface area contributed by atoms with Crippen LogP contribution in [-0.2, 0) is 0 Å². The Bertz CT molecular complexity index is 3560. The summed E-state index contributed by atoms with van der Waals surface area (Å²) in [6.45, 7) is 2.19. The third-order valence-electron chi connectivity index (χ3n) is 12.1. The van der Waals surface area contributed by atoms with Gasteiger partial charge >= 0.3 is 0 Å². The SMILES string of the molecule is Cc1ccc2c3cc(-c4ccc5c(c4)c4ccccc4n5-c4ccccc4)ccc3n(-c3cccc(-c4ccc5c(c4)c4ccccc4n5-c4ccccc4)c3)c2c1. The Morgan fingerprint density at radius 2 is 0.638 bits per heavy atom. The van der Waals surface area contributed by atoms with Crippen molar-refractivity contribution in [1.29, 1.82) is 0 Å². The van der Waals surface area contributed by atoms with Gasteiger partial charge in [-0.15, -0.1) is 0 Å². The van der Waals surface area contributed by atoms with E-state index >= 15 is 0 Å². The van der Waals surface area contributed by atoms with Gasteiger partial charge in [0.2, 0.25) is 0 Å². The van der Waals surface area contributed by atoms with Gasteiger partial charge in [0.25, 0.3) is 0 Å². The van der Waals surface area contributed by atoms with Crippen LogP contribution in [0.3, 0.4) is 0 Å². The molecule has 0 saturated carbocycles. The fourth-order valence-electron chi connectivity index (χ4n) is 9.43. The van der Waals surface area contributed by atoms with Crippen LogP contribution in [0.5, 0.6) is 0 Å². The molecule has 0 atom stereocenters. The quantitative estimate of drug-likeness (QED) is 0.167. The summed E-state index contributed by atoms with van der Waals surface area (Å²) >= 11 is 0. The normalized spacial score (nSPS) is 11.9. The highest BCUT2D eigenvalue weighted by Gasteiger charge is 2.18. The zero-order chi connectivity index (χ0) is 38.3. The van der Waals surface area contributed by atoms with Crippen LogP contribution in [0.4, 0.5) is 0 Å². The van der Waals surface area contributed by atoms with Crippen LogP contribution in [0.1, 0.15) is 5.56 Å². The highest BCUT2D eigenvalue weighted by Crippen LogP contribution is 2.40. The number of para-hydroxylation sites is 4. The second-order valence-electron chi connectivity index (χ2n) is 15.5. The maximum Gasteiger partial charge on any atom is 0.0543 e. The number of nitrogens with zero attached hydrogens (tertiary/aromatic N) is 3. The summed E-state index contributed by atoms with van der Waals surface area (Å²) in [7, 11) is 0. The summed E-state index contributed by atoms with van der Waals surface area (Å²) in [5.41, 5.74) is 16.8. The number of fused-ring (bicyclic) bond motifs is 9. The molecule has 3 aromatic heterocycles. The zero-order valence-corrected chi connectivity index (χ0v) is 32.0. The molecule has 12 aromatic rings. The van der Waals surface area contributed by atoms with Gasteiger partial charge in [-0.05, 0) is 126 Å². The highest BCUT2D eigenvalue weighted by atomic mass is 15.0. The van der Waals surface area contributed by atoms with Gasteiger partial charge in [-0.2, -0.15) is 0 Å². The number of rotatable bonds is 5. The van der Waals surface area contributed by atoms with Gasteiger partial charge in [0, 0.05) is 49.4 Å². The maximum absolute atomic E-state index is 2.45. The van der Waals surface area contributed by atoms with Crippen LogP contribution >= 0.6 is 0 Å². The summed E-state index contributed by atoms with van der Waals surface area (Å²) in [4.78, 5) is 0. The number of aryl methyl sites for hydroxylation is 1. The molecule has 0 radical (unpaired) electrons. The predicted molar refractivity (Wildman–Crippen MR) is 245 cm³/mol. The monoisotopic (exact) mass is 739 g/mol. The van der Waals surface area contributed by atoms with Gasteiger partial charge in [-0.1, -0.05) is 115 Å². The molecule has 3 heteroatoms. The summed E-state index contributed by atoms with van der Waals surface area (Å²) in [5.74, 6) is 0. The molecule has 0 fully saturated rings. The molecule has 12 rings (SSSR count). The van der Waals surface area contributed by atoms with Gasteiger partial charge in [0.15, 0.2) is 0 Å². The molecule has 0 bridgehead atoms. The van der Waals surface area contributed by atoms with Crippen LogP contribution in [0.15, 0.2) is 206 Å². The van der Waals surface area contributed by atoms with Crippen LogP contribution in [-0.4, -0.2) is 13.7 Å². The van der Waals surface area contributed by atoms with Crippen molar-refractivity contribution >= 4 is 65.4 Å². The minimum Gasteiger partial charge on any atom is -0.309 e. The number of hydrogen-bond donors (Lipinski definition) is 0. The molecule has 0 aliphatic heterocycles. The third kappa shape index (κ3) is 4.93. The van der Waals surface area contributed by atoms with E-state index in [1.165, 1.54) is 105 Å². The van der Waals surface area contributed by atoms with E-state index < -0.39 is 0 Å². The molecule has 0 saturated heterocycles. The lowest BCUT2D eigenvalue weighted by atomic mass is 10.0. The fraction of sp³-hybridized carbons (Fsp3) is 0.0182. The molecule has 3 heterocycles. The van der Waals surface area contributed by atoms with E-state index in [0.29, 0.717) is 0 Å². The van der Waals surface area contributed by atoms with Gasteiger partial charge in [-0.3, -0.25) is 0 Å². The lowest BCUT2D eigenvalue weighted by Gasteiger charge is -2.12. The molecule has 9 aromatic carbocycles. The first-order valence-electron chi connectivity index (χ1n) is 20.0. The molecule has 0 N–H and O–H groups in total. The van der Waals surface area contributed by atoms with E-state index in [2.05, 4.69) is 227 Å². The van der Waals surface area contributed by atoms with Crippen LogP contribution in [0, 0.1) is 6.92 Å². The van der Waals surface area contributed by atoms with E-state index in [1.54, 1.807) is 0 Å². The average molecular weight is 740 g/mol. The molecule has 0 spiro atoms. The Balaban J connectivity index is 0.997. The number of aromatic nitrogens is 3. The van der Waals surface area contributed by atoms with Crippen molar-refractivity contribution in [2.24, 2.45) is 0 Å². The van der Waals surface area contributed by atoms with Crippen molar-refractivity contribution in [3.05, 3.63) is 212 Å². The minimum atomic E-state index is 1.15. The number of benzene rings is 9. The molecular weight excluding hydrogens is 703 g/mol. The Morgan fingerprint density at radius 1 is 0.241 bits per heavy atom. The molecule has 58 heavy (non-hydrogen) atoms. The Kier molecular flexibility index (Phi) is 7.14. The molecule has 0 aliphatic rings. The topological polar surface area (TPSA) is 14.8 Å². The molecule has 3 nitrogen and oxygen atoms in total. The molecular formula is C55H37N3. The lowest BCUT2D eigenvalue weighted by molar-refractivity contribution is 1.18. The summed E-state index contributed by atoms with van der Waals surface area (Å²) in [5, 5.41) is 7.54. The summed E-state index contributed by atoms with van der Waals surface area (Å²) in [6, 6.07) is 75.6. The average Bonchev–Trinajstić information content (AvgIpc) is 3.91. The standard InChI is InChI=1S/C55H37N3/c1-36-23-27-46-49-35-40(39-25-29-53-48(34-39)45-20-9-11-22-51(45)57(53)42-16-6-3-7-17-42)26-30-54(49)58(55(46)31-36)43-18-12-13-37(32-43)38-24-28-52-47(33-38)44-19-8-10-21-50(44)56(52)41-14-4-2-5-15-41/h2-35H,1H3. The smallest absolute Gasteiger partial charge is 0.0543 e. The van der Waals surface area contributed by atoms with E-state index in [9.17, 15) is 0 Å². The Hall–Kier alpha value is -7.62. The maximum atomic E-state index is 2.45. The van der Waals surface area contributed by atoms with Gasteiger partial charge in [0.05, 0.1) is 33.1 Å². The van der Waals surface area contributed by atoms with Crippen LogP contribution in [0.2, 0.25) is 0 Å². The first-order valence-corrected chi connectivity index (χ1v) is 20.0. The van der Waals surface area contributed by atoms with Gasteiger partial charge < -0.3 is 13.7 Å². The van der Waals surface area contributed by atoms with Gasteiger partial charge in [-0.25, -0.2) is 0 Å². The second kappa shape index (κ2) is 12.7. The Labute approximate surface area is 335 Å². The first-order chi connectivity index (χ1) is 28.7. The van der Waals surface area contributed by atoms with Crippen molar-refractivity contribution in [3.8, 4) is 39.3 Å². The van der Waals surface area contributed by atoms with Crippen molar-refractivity contribution in [2.75, 3.05) is 0 Å². The summed E-state index contributed by atoms with van der Waals surface area (Å²) in [6.07, 6.45) is 0. The van der Waals surface area contributed by atoms with E-state index in [1.807, 2.05) is 0 Å². The van der Waals surface area contributed by atoms with Crippen molar-refractivity contribution in [2.45, 2.75) is 6.92 Å². The van der Waals surface area contributed by atoms with Crippen molar-refractivity contribution < 1.29 is 0 Å². The van der Waals surface area contributed by atoms with Crippen molar-refractivity contribution in [1.82, 2.24) is 13.7 Å². The van der Waals surface area contributed by atoms with E-state index in [-0.39, 0.29) is 0 Å². The first kappa shape index (κ1) is 32.6. The molecule has 0 unspecified atom stereocenters. The van der Waals surface area contributed by atoms with Crippen LogP contribution < -0.4 is 0 Å². The minimum absolute atomic E-state index is 1.15. The largest absolute Gasteiger partial charge is 0.309 e. The predicted octanol–water partition coefficient (Wildman–Crippen LogP) is 14.6. The van der Waals surface area contributed by atoms with E-state index in [0.717, 1.165) is 5.69 Å². The molecule has 272 valence electrons.